The maximum absolute atomic E-state index is 13.3. The fourth-order valence-corrected chi connectivity index (χ4v) is 3.24. The summed E-state index contributed by atoms with van der Waals surface area (Å²) in [5.41, 5.74) is 5.97. The molecule has 1 aromatic heterocycles. The number of hydrazine groups is 1. The highest BCUT2D eigenvalue weighted by atomic mass is 35.5. The molecular weight excluding hydrogens is 429 g/mol. The molecule has 166 valence electrons. The number of nitrogens with zero attached hydrogens (tertiary/aromatic N) is 1. The number of H-pyrrole nitrogens is 1. The Morgan fingerprint density at radius 1 is 1.26 bits per heavy atom. The fraction of sp³-hybridized carbons (Fsp3) is 0.400. The molecule has 2 unspecified atom stereocenters. The maximum Gasteiger partial charge on any atom is 0.291 e. The van der Waals surface area contributed by atoms with E-state index >= 15 is 0 Å². The third-order valence-electron chi connectivity index (χ3n) is 4.94. The van der Waals surface area contributed by atoms with E-state index in [0.29, 0.717) is 11.4 Å². The Bertz CT molecular complexity index is 958. The minimum Gasteiger partial charge on any atom is -0.370 e. The monoisotopic (exact) mass is 451 g/mol. The number of nitrogens with one attached hydrogen (secondary N) is 3. The number of primary amides is 1. The van der Waals surface area contributed by atoms with Crippen LogP contribution in [0.25, 0.3) is 10.9 Å². The molecule has 1 aliphatic rings. The molecule has 1 heterocycles. The summed E-state index contributed by atoms with van der Waals surface area (Å²) in [7, 11) is 0. The molecule has 1 aliphatic carbocycles. The van der Waals surface area contributed by atoms with Gasteiger partial charge in [0.05, 0.1) is 6.54 Å². The van der Waals surface area contributed by atoms with Crippen molar-refractivity contribution in [1.82, 2.24) is 20.7 Å². The number of amides is 4. The largest absolute Gasteiger partial charge is 0.370 e. The summed E-state index contributed by atoms with van der Waals surface area (Å²) >= 11 is 5.20. The molecule has 5 N–H and O–H groups in total. The predicted molar refractivity (Wildman–Crippen MR) is 111 cm³/mol. The van der Waals surface area contributed by atoms with E-state index in [1.807, 2.05) is 24.3 Å². The van der Waals surface area contributed by atoms with E-state index in [0.717, 1.165) is 23.7 Å². The number of benzene rings is 1. The fourth-order valence-electron chi connectivity index (χ4n) is 3.12. The Morgan fingerprint density at radius 2 is 1.97 bits per heavy atom. The molecule has 3 rings (SSSR count). The van der Waals surface area contributed by atoms with Gasteiger partial charge in [0.2, 0.25) is 5.91 Å². The molecule has 1 saturated carbocycles. The molecule has 0 bridgehead atoms. The van der Waals surface area contributed by atoms with Gasteiger partial charge in [-0.3, -0.25) is 24.6 Å². The van der Waals surface area contributed by atoms with Gasteiger partial charge >= 0.3 is 0 Å². The van der Waals surface area contributed by atoms with E-state index in [9.17, 15) is 23.6 Å². The van der Waals surface area contributed by atoms with E-state index in [2.05, 4.69) is 15.7 Å². The van der Waals surface area contributed by atoms with Crippen molar-refractivity contribution >= 4 is 46.1 Å². The summed E-state index contributed by atoms with van der Waals surface area (Å²) in [6.45, 7) is -0.348. The van der Waals surface area contributed by atoms with Crippen molar-refractivity contribution in [3.8, 4) is 0 Å². The van der Waals surface area contributed by atoms with Gasteiger partial charge in [-0.2, -0.15) is 0 Å². The van der Waals surface area contributed by atoms with E-state index < -0.39 is 35.3 Å². The number of hydrogen-bond acceptors (Lipinski definition) is 4. The lowest BCUT2D eigenvalue weighted by atomic mass is 10.1. The number of aromatic nitrogens is 1. The van der Waals surface area contributed by atoms with E-state index in [1.54, 1.807) is 6.07 Å². The molecule has 2 aromatic rings. The second-order valence-electron chi connectivity index (χ2n) is 7.46. The summed E-state index contributed by atoms with van der Waals surface area (Å²) in [5, 5.41) is 4.12. The highest BCUT2D eigenvalue weighted by Crippen LogP contribution is 2.33. The summed E-state index contributed by atoms with van der Waals surface area (Å²) in [4.78, 5) is 51.5. The summed E-state index contributed by atoms with van der Waals surface area (Å²) in [5.74, 6) is -2.92. The first-order valence-corrected chi connectivity index (χ1v) is 10.2. The van der Waals surface area contributed by atoms with Crippen LogP contribution in [0.15, 0.2) is 30.3 Å². The van der Waals surface area contributed by atoms with Gasteiger partial charge in [-0.05, 0) is 24.5 Å². The molecule has 9 nitrogen and oxygen atoms in total. The minimum atomic E-state index is -2.41. The molecule has 0 spiro atoms. The zero-order valence-electron chi connectivity index (χ0n) is 16.6. The van der Waals surface area contributed by atoms with Gasteiger partial charge in [0.15, 0.2) is 0 Å². The van der Waals surface area contributed by atoms with Gasteiger partial charge in [0.1, 0.15) is 11.7 Å². The number of carbonyl (C=O) groups excluding carboxylic acids is 4. The first kappa shape index (κ1) is 22.5. The first-order valence-electron chi connectivity index (χ1n) is 9.81. The topological polar surface area (TPSA) is 137 Å². The lowest BCUT2D eigenvalue weighted by Gasteiger charge is -2.26. The van der Waals surface area contributed by atoms with Crippen LogP contribution in [-0.4, -0.2) is 51.8 Å². The summed E-state index contributed by atoms with van der Waals surface area (Å²) < 4.78 is 13.3. The van der Waals surface area contributed by atoms with Gasteiger partial charge < -0.3 is 16.0 Å². The lowest BCUT2D eigenvalue weighted by Crippen LogP contribution is -2.56. The highest BCUT2D eigenvalue weighted by Gasteiger charge is 2.33. The Morgan fingerprint density at radius 3 is 2.58 bits per heavy atom. The van der Waals surface area contributed by atoms with Crippen molar-refractivity contribution < 1.29 is 23.6 Å². The van der Waals surface area contributed by atoms with Crippen molar-refractivity contribution in [2.45, 2.75) is 37.4 Å². The first-order chi connectivity index (χ1) is 14.7. The Labute approximate surface area is 182 Å². The van der Waals surface area contributed by atoms with Gasteiger partial charge in [0.25, 0.3) is 23.4 Å². The number of alkyl halides is 2. The zero-order valence-corrected chi connectivity index (χ0v) is 17.3. The summed E-state index contributed by atoms with van der Waals surface area (Å²) in [6.07, 6.45) is 1.90. The van der Waals surface area contributed by atoms with Crippen molar-refractivity contribution in [3.63, 3.8) is 0 Å². The second kappa shape index (κ2) is 9.78. The molecule has 4 amide bonds. The molecule has 1 fully saturated rings. The van der Waals surface area contributed by atoms with Crippen LogP contribution in [0.3, 0.4) is 0 Å². The number of nitrogens with two attached hydrogens (primary N) is 1. The number of aromatic amines is 1. The smallest absolute Gasteiger partial charge is 0.291 e. The van der Waals surface area contributed by atoms with E-state index in [1.165, 1.54) is 0 Å². The van der Waals surface area contributed by atoms with Crippen LogP contribution in [0.1, 0.15) is 36.2 Å². The van der Waals surface area contributed by atoms with Gasteiger partial charge in [-0.25, -0.2) is 9.40 Å². The predicted octanol–water partition coefficient (Wildman–Crippen LogP) is 1.34. The van der Waals surface area contributed by atoms with Gasteiger partial charge in [-0.1, -0.05) is 42.6 Å². The average Bonchev–Trinajstić information content (AvgIpc) is 3.43. The number of rotatable bonds is 9. The number of hydrogen-bond donors (Lipinski definition) is 4. The lowest BCUT2D eigenvalue weighted by molar-refractivity contribution is -0.144. The maximum atomic E-state index is 13.3. The van der Waals surface area contributed by atoms with Crippen molar-refractivity contribution in [1.29, 1.82) is 0 Å². The Kier molecular flexibility index (Phi) is 7.11. The quantitative estimate of drug-likeness (QED) is 0.337. The molecule has 31 heavy (non-hydrogen) atoms. The van der Waals surface area contributed by atoms with Crippen LogP contribution >= 0.6 is 11.6 Å². The average molecular weight is 452 g/mol. The number of halogens is 2. The normalized spacial score (nSPS) is 15.2. The highest BCUT2D eigenvalue weighted by molar-refractivity contribution is 6.29. The molecular formula is C20H23ClFN5O4. The molecule has 0 radical (unpaired) electrons. The van der Waals surface area contributed by atoms with Crippen LogP contribution in [0.4, 0.5) is 4.39 Å². The Balaban J connectivity index is 1.71. The van der Waals surface area contributed by atoms with Crippen LogP contribution in [0, 0.1) is 5.92 Å². The summed E-state index contributed by atoms with van der Waals surface area (Å²) in [6, 6.07) is 8.04. The number of carbonyl (C=O) groups is 4. The van der Waals surface area contributed by atoms with Crippen molar-refractivity contribution in [2.24, 2.45) is 11.7 Å². The Hall–Kier alpha value is -3.14. The molecule has 0 saturated heterocycles. The molecule has 11 heteroatoms. The zero-order chi connectivity index (χ0) is 22.5. The SMILES string of the molecule is NC(=O)CCN(NC(=O)C(CC1CC1)NC(=O)c1cc2ccccc2[nH]1)C(=O)C(F)Cl. The van der Waals surface area contributed by atoms with Crippen LogP contribution in [-0.2, 0) is 14.4 Å². The molecule has 0 aliphatic heterocycles. The molecule has 2 atom stereocenters. The standard InChI is InChI=1S/C20H23ClFN5O4/c21-17(22)20(31)27(8-7-16(23)28)26-19(30)14(9-11-5-6-11)25-18(29)15-10-12-3-1-2-4-13(12)24-15/h1-4,10-11,14,17,24H,5-9H2,(H2,23,28)(H,25,29)(H,26,30). The third kappa shape index (κ3) is 6.17. The van der Waals surface area contributed by atoms with E-state index in [-0.39, 0.29) is 24.6 Å². The third-order valence-corrected chi connectivity index (χ3v) is 5.13. The minimum absolute atomic E-state index is 0.260. The second-order valence-corrected chi connectivity index (χ2v) is 7.84. The van der Waals surface area contributed by atoms with E-state index in [4.69, 9.17) is 17.3 Å². The van der Waals surface area contributed by atoms with Crippen molar-refractivity contribution in [3.05, 3.63) is 36.0 Å². The number of para-hydroxylation sites is 1. The van der Waals surface area contributed by atoms with Crippen LogP contribution in [0.5, 0.6) is 0 Å². The van der Waals surface area contributed by atoms with Gasteiger partial charge in [-0.15, -0.1) is 0 Å². The van der Waals surface area contributed by atoms with Crippen LogP contribution < -0.4 is 16.5 Å². The van der Waals surface area contributed by atoms with Gasteiger partial charge in [0, 0.05) is 17.3 Å². The van der Waals surface area contributed by atoms with Crippen LogP contribution in [0.2, 0.25) is 0 Å². The van der Waals surface area contributed by atoms with Crippen molar-refractivity contribution in [2.75, 3.05) is 6.54 Å². The molecule has 1 aromatic carbocycles. The number of fused-ring (bicyclic) bond motifs is 1.